The van der Waals surface area contributed by atoms with E-state index in [1.54, 1.807) is 54.6 Å². The third-order valence-electron chi connectivity index (χ3n) is 4.19. The summed E-state index contributed by atoms with van der Waals surface area (Å²) in [6.45, 7) is 0. The highest BCUT2D eigenvalue weighted by atomic mass is 16.5. The second-order valence-electron chi connectivity index (χ2n) is 6.63. The summed E-state index contributed by atoms with van der Waals surface area (Å²) in [4.78, 5) is 0. The van der Waals surface area contributed by atoms with Crippen LogP contribution in [0.2, 0.25) is 0 Å². The van der Waals surface area contributed by atoms with Gasteiger partial charge in [0, 0.05) is 41.7 Å². The topological polar surface area (TPSA) is 106 Å². The van der Waals surface area contributed by atoms with Gasteiger partial charge in [-0.25, -0.2) is 0 Å². The zero-order valence-corrected chi connectivity index (χ0v) is 16.1. The van der Waals surface area contributed by atoms with Crippen LogP contribution in [0.25, 0.3) is 0 Å². The highest BCUT2D eigenvalue weighted by molar-refractivity contribution is 5.55. The molecule has 4 aromatic rings. The van der Waals surface area contributed by atoms with E-state index in [0.717, 1.165) is 0 Å². The van der Waals surface area contributed by atoms with Crippen LogP contribution in [-0.4, -0.2) is 0 Å². The van der Waals surface area contributed by atoms with Gasteiger partial charge in [-0.2, -0.15) is 0 Å². The molecule has 6 heteroatoms. The molecule has 4 aromatic carbocycles. The molecule has 0 amide bonds. The van der Waals surface area contributed by atoms with Gasteiger partial charge >= 0.3 is 0 Å². The maximum Gasteiger partial charge on any atom is 0.150 e. The SMILES string of the molecule is Nc1cccc(Oc2cc(Oc3cccc(N)c3)cc(Oc3ccccc3N)c2)c1. The fourth-order valence-electron chi connectivity index (χ4n) is 2.85. The molecule has 0 radical (unpaired) electrons. The van der Waals surface area contributed by atoms with Gasteiger partial charge in [0.25, 0.3) is 0 Å². The average Bonchev–Trinajstić information content (AvgIpc) is 2.70. The number of ether oxygens (including phenoxy) is 3. The highest BCUT2D eigenvalue weighted by Gasteiger charge is 2.09. The zero-order valence-electron chi connectivity index (χ0n) is 16.1. The molecule has 0 fully saturated rings. The van der Waals surface area contributed by atoms with Crippen molar-refractivity contribution in [1.82, 2.24) is 0 Å². The minimum absolute atomic E-state index is 0.508. The maximum absolute atomic E-state index is 6.01. The fraction of sp³-hybridized carbons (Fsp3) is 0. The van der Waals surface area contributed by atoms with Crippen LogP contribution in [0.3, 0.4) is 0 Å². The van der Waals surface area contributed by atoms with E-state index < -0.39 is 0 Å². The molecular weight excluding hydrogens is 378 g/mol. The van der Waals surface area contributed by atoms with E-state index >= 15 is 0 Å². The Kier molecular flexibility index (Phi) is 5.30. The second kappa shape index (κ2) is 8.36. The van der Waals surface area contributed by atoms with Crippen LogP contribution < -0.4 is 31.4 Å². The van der Waals surface area contributed by atoms with Gasteiger partial charge in [-0.15, -0.1) is 0 Å². The predicted octanol–water partition coefficient (Wildman–Crippen LogP) is 5.81. The first kappa shape index (κ1) is 19.0. The smallest absolute Gasteiger partial charge is 0.150 e. The molecule has 0 saturated carbocycles. The number of para-hydroxylation sites is 2. The maximum atomic E-state index is 6.01. The summed E-state index contributed by atoms with van der Waals surface area (Å²) in [6.07, 6.45) is 0. The number of anilines is 3. The van der Waals surface area contributed by atoms with Crippen molar-refractivity contribution in [2.45, 2.75) is 0 Å². The first-order valence-corrected chi connectivity index (χ1v) is 9.29. The Morgan fingerprint density at radius 3 is 1.43 bits per heavy atom. The van der Waals surface area contributed by atoms with E-state index in [-0.39, 0.29) is 0 Å². The summed E-state index contributed by atoms with van der Waals surface area (Å²) in [5, 5.41) is 0. The van der Waals surface area contributed by atoms with Gasteiger partial charge in [0.1, 0.15) is 34.5 Å². The number of nitrogens with two attached hydrogens (primary N) is 3. The number of benzene rings is 4. The van der Waals surface area contributed by atoms with Gasteiger partial charge in [0.15, 0.2) is 0 Å². The average molecular weight is 399 g/mol. The highest BCUT2D eigenvalue weighted by Crippen LogP contribution is 2.37. The zero-order chi connectivity index (χ0) is 20.9. The van der Waals surface area contributed by atoms with Crippen molar-refractivity contribution in [3.05, 3.63) is 91.0 Å². The van der Waals surface area contributed by atoms with E-state index in [9.17, 15) is 0 Å². The van der Waals surface area contributed by atoms with E-state index in [2.05, 4.69) is 0 Å². The normalized spacial score (nSPS) is 10.4. The quantitative estimate of drug-likeness (QED) is 0.353. The Labute approximate surface area is 174 Å². The molecule has 0 bridgehead atoms. The van der Waals surface area contributed by atoms with Crippen LogP contribution in [0.4, 0.5) is 17.1 Å². The van der Waals surface area contributed by atoms with Crippen LogP contribution in [-0.2, 0) is 0 Å². The number of hydrogen-bond donors (Lipinski definition) is 3. The predicted molar refractivity (Wildman–Crippen MR) is 119 cm³/mol. The van der Waals surface area contributed by atoms with E-state index in [0.29, 0.717) is 51.6 Å². The van der Waals surface area contributed by atoms with Crippen LogP contribution in [0.15, 0.2) is 91.0 Å². The molecule has 0 saturated heterocycles. The monoisotopic (exact) mass is 399 g/mol. The van der Waals surface area contributed by atoms with Gasteiger partial charge in [-0.1, -0.05) is 24.3 Å². The van der Waals surface area contributed by atoms with Crippen molar-refractivity contribution in [3.8, 4) is 34.5 Å². The lowest BCUT2D eigenvalue weighted by Crippen LogP contribution is -1.94. The Balaban J connectivity index is 1.68. The molecule has 0 aliphatic heterocycles. The molecule has 0 heterocycles. The molecule has 150 valence electrons. The van der Waals surface area contributed by atoms with Crippen molar-refractivity contribution in [2.75, 3.05) is 17.2 Å². The first-order chi connectivity index (χ1) is 14.5. The Hall–Kier alpha value is -4.32. The largest absolute Gasteiger partial charge is 0.457 e. The molecular formula is C24H21N3O3. The molecule has 4 rings (SSSR count). The minimum Gasteiger partial charge on any atom is -0.457 e. The Bertz CT molecular complexity index is 1110. The third-order valence-corrected chi connectivity index (χ3v) is 4.19. The van der Waals surface area contributed by atoms with E-state index in [1.165, 1.54) is 0 Å². The van der Waals surface area contributed by atoms with Gasteiger partial charge in [-0.05, 0) is 36.4 Å². The molecule has 6 nitrogen and oxygen atoms in total. The minimum atomic E-state index is 0.508. The molecule has 0 atom stereocenters. The second-order valence-corrected chi connectivity index (χ2v) is 6.63. The molecule has 0 unspecified atom stereocenters. The van der Waals surface area contributed by atoms with E-state index in [4.69, 9.17) is 31.4 Å². The summed E-state index contributed by atoms with van der Waals surface area (Å²) in [5.74, 6) is 3.28. The van der Waals surface area contributed by atoms with Crippen LogP contribution in [0.5, 0.6) is 34.5 Å². The first-order valence-electron chi connectivity index (χ1n) is 9.29. The number of hydrogen-bond acceptors (Lipinski definition) is 6. The summed E-state index contributed by atoms with van der Waals surface area (Å²) in [7, 11) is 0. The lowest BCUT2D eigenvalue weighted by atomic mass is 10.2. The molecule has 0 aliphatic carbocycles. The van der Waals surface area contributed by atoms with Crippen molar-refractivity contribution in [1.29, 1.82) is 0 Å². The van der Waals surface area contributed by atoms with Crippen molar-refractivity contribution < 1.29 is 14.2 Å². The van der Waals surface area contributed by atoms with Crippen molar-refractivity contribution in [2.24, 2.45) is 0 Å². The summed E-state index contributed by atoms with van der Waals surface area (Å²) in [6, 6.07) is 26.8. The van der Waals surface area contributed by atoms with Crippen molar-refractivity contribution >= 4 is 17.1 Å². The lowest BCUT2D eigenvalue weighted by molar-refractivity contribution is 0.440. The summed E-state index contributed by atoms with van der Waals surface area (Å²) < 4.78 is 17.9. The van der Waals surface area contributed by atoms with Crippen LogP contribution in [0.1, 0.15) is 0 Å². The number of rotatable bonds is 6. The standard InChI is InChI=1S/C24H21N3O3/c25-16-5-3-7-18(11-16)28-20-13-21(29-19-8-4-6-17(26)12-19)15-22(14-20)30-24-10-2-1-9-23(24)27/h1-15H,25-27H2. The van der Waals surface area contributed by atoms with Gasteiger partial charge in [0.05, 0.1) is 5.69 Å². The fourth-order valence-corrected chi connectivity index (χ4v) is 2.85. The van der Waals surface area contributed by atoms with E-state index in [1.807, 2.05) is 36.4 Å². The summed E-state index contributed by atoms with van der Waals surface area (Å²) in [5.41, 5.74) is 19.4. The molecule has 0 spiro atoms. The molecule has 6 N–H and O–H groups in total. The third kappa shape index (κ3) is 4.74. The van der Waals surface area contributed by atoms with Crippen LogP contribution in [0, 0.1) is 0 Å². The molecule has 0 aromatic heterocycles. The van der Waals surface area contributed by atoms with Gasteiger partial charge in [0.2, 0.25) is 0 Å². The Morgan fingerprint density at radius 2 is 0.933 bits per heavy atom. The molecule has 0 aliphatic rings. The Morgan fingerprint density at radius 1 is 0.433 bits per heavy atom. The van der Waals surface area contributed by atoms with Gasteiger partial charge < -0.3 is 31.4 Å². The number of nitrogen functional groups attached to an aromatic ring is 3. The molecule has 30 heavy (non-hydrogen) atoms. The lowest BCUT2D eigenvalue weighted by Gasteiger charge is -2.14. The van der Waals surface area contributed by atoms with Crippen molar-refractivity contribution in [3.63, 3.8) is 0 Å². The van der Waals surface area contributed by atoms with Gasteiger partial charge in [-0.3, -0.25) is 0 Å². The summed E-state index contributed by atoms with van der Waals surface area (Å²) >= 11 is 0. The van der Waals surface area contributed by atoms with Crippen LogP contribution >= 0.6 is 0 Å².